The number of carbonyl (C=O) groups excluding carboxylic acids is 2. The molecule has 0 aliphatic rings. The molecule has 0 unspecified atom stereocenters. The van der Waals surface area contributed by atoms with Crippen LogP contribution in [0.5, 0.6) is 5.75 Å². The van der Waals surface area contributed by atoms with Gasteiger partial charge < -0.3 is 15.4 Å². The van der Waals surface area contributed by atoms with E-state index in [1.165, 1.54) is 0 Å². The molecular formula is C16H17N3O3. The average Bonchev–Trinajstić information content (AvgIpc) is 2.59. The molecule has 0 saturated carbocycles. The van der Waals surface area contributed by atoms with Crippen LogP contribution in [0.4, 0.5) is 0 Å². The lowest BCUT2D eigenvalue weighted by Gasteiger charge is -2.08. The summed E-state index contributed by atoms with van der Waals surface area (Å²) in [5.74, 6) is 0.216. The van der Waals surface area contributed by atoms with E-state index in [-0.39, 0.29) is 11.8 Å². The molecule has 0 spiro atoms. The number of hydrogen-bond donors (Lipinski definition) is 2. The highest BCUT2D eigenvalue weighted by atomic mass is 16.5. The molecule has 1 aromatic carbocycles. The van der Waals surface area contributed by atoms with Crippen molar-refractivity contribution in [1.82, 2.24) is 15.6 Å². The Kier molecular flexibility index (Phi) is 5.48. The topological polar surface area (TPSA) is 80.3 Å². The third-order valence-corrected chi connectivity index (χ3v) is 2.97. The fourth-order valence-electron chi connectivity index (χ4n) is 1.82. The van der Waals surface area contributed by atoms with Gasteiger partial charge in [-0.3, -0.25) is 14.6 Å². The van der Waals surface area contributed by atoms with Crippen molar-refractivity contribution in [3.05, 3.63) is 59.9 Å². The first kappa shape index (κ1) is 15.5. The quantitative estimate of drug-likeness (QED) is 0.787. The lowest BCUT2D eigenvalue weighted by atomic mass is 10.2. The van der Waals surface area contributed by atoms with Gasteiger partial charge in [0.05, 0.1) is 7.11 Å². The van der Waals surface area contributed by atoms with Crippen LogP contribution >= 0.6 is 0 Å². The van der Waals surface area contributed by atoms with E-state index >= 15 is 0 Å². The zero-order valence-corrected chi connectivity index (χ0v) is 12.2. The van der Waals surface area contributed by atoms with Crippen molar-refractivity contribution in [2.24, 2.45) is 0 Å². The van der Waals surface area contributed by atoms with Crippen LogP contribution < -0.4 is 15.4 Å². The van der Waals surface area contributed by atoms with E-state index in [1.54, 1.807) is 55.9 Å². The molecule has 0 atom stereocenters. The first-order chi connectivity index (χ1) is 10.7. The van der Waals surface area contributed by atoms with Crippen LogP contribution in [-0.2, 0) is 0 Å². The summed E-state index contributed by atoms with van der Waals surface area (Å²) in [4.78, 5) is 27.6. The van der Waals surface area contributed by atoms with Gasteiger partial charge in [0.15, 0.2) is 0 Å². The van der Waals surface area contributed by atoms with E-state index in [4.69, 9.17) is 4.74 Å². The Hall–Kier alpha value is -2.89. The highest BCUT2D eigenvalue weighted by Gasteiger charge is 2.07. The molecular weight excluding hydrogens is 282 g/mol. The predicted octanol–water partition coefficient (Wildman–Crippen LogP) is 1.25. The minimum Gasteiger partial charge on any atom is -0.497 e. The minimum atomic E-state index is -0.211. The number of rotatable bonds is 6. The maximum atomic E-state index is 11.9. The first-order valence-electron chi connectivity index (χ1n) is 6.81. The average molecular weight is 299 g/mol. The second kappa shape index (κ2) is 7.78. The molecule has 0 saturated heterocycles. The maximum absolute atomic E-state index is 11.9. The third kappa shape index (κ3) is 4.31. The standard InChI is InChI=1S/C16H17N3O3/c1-22-14-4-2-3-13(11-14)16(21)19-10-9-18-15(20)12-5-7-17-8-6-12/h2-8,11H,9-10H2,1H3,(H,18,20)(H,19,21). The number of nitrogens with one attached hydrogen (secondary N) is 2. The van der Waals surface area contributed by atoms with Crippen molar-refractivity contribution in [3.8, 4) is 5.75 Å². The molecule has 0 bridgehead atoms. The normalized spacial score (nSPS) is 9.86. The van der Waals surface area contributed by atoms with E-state index in [0.29, 0.717) is 30.0 Å². The number of ether oxygens (including phenoxy) is 1. The van der Waals surface area contributed by atoms with Crippen LogP contribution in [0.15, 0.2) is 48.8 Å². The second-order valence-corrected chi connectivity index (χ2v) is 4.48. The van der Waals surface area contributed by atoms with Gasteiger partial charge >= 0.3 is 0 Å². The van der Waals surface area contributed by atoms with Gasteiger partial charge in [-0.1, -0.05) is 6.07 Å². The Bertz CT molecular complexity index is 644. The summed E-state index contributed by atoms with van der Waals surface area (Å²) >= 11 is 0. The van der Waals surface area contributed by atoms with Crippen molar-refractivity contribution in [3.63, 3.8) is 0 Å². The number of benzene rings is 1. The molecule has 6 nitrogen and oxygen atoms in total. The summed E-state index contributed by atoms with van der Waals surface area (Å²) < 4.78 is 5.07. The first-order valence-corrected chi connectivity index (χ1v) is 6.81. The number of hydrogen-bond acceptors (Lipinski definition) is 4. The highest BCUT2D eigenvalue weighted by Crippen LogP contribution is 2.12. The zero-order valence-electron chi connectivity index (χ0n) is 12.2. The predicted molar refractivity (Wildman–Crippen MR) is 81.9 cm³/mol. The molecule has 22 heavy (non-hydrogen) atoms. The molecule has 2 rings (SSSR count). The number of carbonyl (C=O) groups is 2. The molecule has 0 aliphatic carbocycles. The Morgan fingerprint density at radius 2 is 1.64 bits per heavy atom. The molecule has 0 fully saturated rings. The maximum Gasteiger partial charge on any atom is 0.251 e. The fourth-order valence-corrected chi connectivity index (χ4v) is 1.82. The summed E-state index contributed by atoms with van der Waals surface area (Å²) in [7, 11) is 1.55. The van der Waals surface area contributed by atoms with E-state index in [9.17, 15) is 9.59 Å². The molecule has 2 aromatic rings. The molecule has 6 heteroatoms. The fraction of sp³-hybridized carbons (Fsp3) is 0.188. The zero-order chi connectivity index (χ0) is 15.8. The Labute approximate surface area is 128 Å². The summed E-state index contributed by atoms with van der Waals surface area (Å²) in [6.07, 6.45) is 3.11. The van der Waals surface area contributed by atoms with E-state index in [0.717, 1.165) is 0 Å². The summed E-state index contributed by atoms with van der Waals surface area (Å²) in [5, 5.41) is 5.46. The molecule has 0 radical (unpaired) electrons. The number of aromatic nitrogens is 1. The second-order valence-electron chi connectivity index (χ2n) is 4.48. The Morgan fingerprint density at radius 1 is 1.00 bits per heavy atom. The van der Waals surface area contributed by atoms with Crippen LogP contribution in [-0.4, -0.2) is 37.0 Å². The van der Waals surface area contributed by atoms with Crippen molar-refractivity contribution >= 4 is 11.8 Å². The number of nitrogens with zero attached hydrogens (tertiary/aromatic N) is 1. The smallest absolute Gasteiger partial charge is 0.251 e. The lowest BCUT2D eigenvalue weighted by molar-refractivity contribution is 0.0927. The van der Waals surface area contributed by atoms with Crippen LogP contribution in [0.3, 0.4) is 0 Å². The van der Waals surface area contributed by atoms with Crippen LogP contribution in [0, 0.1) is 0 Å². The van der Waals surface area contributed by atoms with Crippen LogP contribution in [0.2, 0.25) is 0 Å². The van der Waals surface area contributed by atoms with E-state index < -0.39 is 0 Å². The monoisotopic (exact) mass is 299 g/mol. The highest BCUT2D eigenvalue weighted by molar-refractivity contribution is 5.95. The lowest BCUT2D eigenvalue weighted by Crippen LogP contribution is -2.34. The largest absolute Gasteiger partial charge is 0.497 e. The summed E-state index contributed by atoms with van der Waals surface area (Å²) in [6.45, 7) is 0.684. The van der Waals surface area contributed by atoms with Crippen molar-refractivity contribution in [2.75, 3.05) is 20.2 Å². The van der Waals surface area contributed by atoms with Gasteiger partial charge in [-0.2, -0.15) is 0 Å². The molecule has 2 N–H and O–H groups in total. The summed E-state index contributed by atoms with van der Waals surface area (Å²) in [6, 6.07) is 10.1. The van der Waals surface area contributed by atoms with Gasteiger partial charge in [-0.15, -0.1) is 0 Å². The van der Waals surface area contributed by atoms with E-state index in [2.05, 4.69) is 15.6 Å². The van der Waals surface area contributed by atoms with Crippen LogP contribution in [0.1, 0.15) is 20.7 Å². The van der Waals surface area contributed by atoms with E-state index in [1.807, 2.05) is 0 Å². The molecule has 1 aromatic heterocycles. The van der Waals surface area contributed by atoms with Gasteiger partial charge in [0, 0.05) is 36.6 Å². The summed E-state index contributed by atoms with van der Waals surface area (Å²) in [5.41, 5.74) is 1.05. The Morgan fingerprint density at radius 3 is 2.27 bits per heavy atom. The van der Waals surface area contributed by atoms with Crippen molar-refractivity contribution in [1.29, 1.82) is 0 Å². The number of pyridine rings is 1. The molecule has 2 amide bonds. The third-order valence-electron chi connectivity index (χ3n) is 2.97. The van der Waals surface area contributed by atoms with Gasteiger partial charge in [-0.05, 0) is 30.3 Å². The van der Waals surface area contributed by atoms with Gasteiger partial charge in [0.2, 0.25) is 0 Å². The van der Waals surface area contributed by atoms with Crippen molar-refractivity contribution < 1.29 is 14.3 Å². The molecule has 0 aliphatic heterocycles. The number of methoxy groups -OCH3 is 1. The van der Waals surface area contributed by atoms with Crippen LogP contribution in [0.25, 0.3) is 0 Å². The molecule has 114 valence electrons. The minimum absolute atomic E-state index is 0.196. The SMILES string of the molecule is COc1cccc(C(=O)NCCNC(=O)c2ccncc2)c1. The van der Waals surface area contributed by atoms with Gasteiger partial charge in [0.1, 0.15) is 5.75 Å². The number of amides is 2. The molecule has 1 heterocycles. The van der Waals surface area contributed by atoms with Gasteiger partial charge in [-0.25, -0.2) is 0 Å². The Balaban J connectivity index is 1.76. The van der Waals surface area contributed by atoms with Gasteiger partial charge in [0.25, 0.3) is 11.8 Å². The van der Waals surface area contributed by atoms with Crippen molar-refractivity contribution in [2.45, 2.75) is 0 Å².